The quantitative estimate of drug-likeness (QED) is 0.742. The predicted molar refractivity (Wildman–Crippen MR) is 106 cm³/mol. The first-order chi connectivity index (χ1) is 13.8. The third kappa shape index (κ3) is 2.99. The highest BCUT2D eigenvalue weighted by atomic mass is 16.5. The lowest BCUT2D eigenvalue weighted by atomic mass is 9.95. The van der Waals surface area contributed by atoms with Crippen LogP contribution in [0.3, 0.4) is 0 Å². The van der Waals surface area contributed by atoms with Crippen LogP contribution < -0.4 is 10.1 Å². The molecule has 0 bridgehead atoms. The monoisotopic (exact) mass is 376 g/mol. The van der Waals surface area contributed by atoms with Gasteiger partial charge in [-0.25, -0.2) is 9.67 Å². The molecule has 1 atom stereocenters. The number of nitrogens with one attached hydrogen (secondary N) is 1. The normalized spacial score (nSPS) is 20.7. The molecule has 2 fully saturated rings. The van der Waals surface area contributed by atoms with Gasteiger partial charge in [0.1, 0.15) is 11.9 Å². The molecule has 28 heavy (non-hydrogen) atoms. The molecule has 0 amide bonds. The molecule has 2 aromatic carbocycles. The average Bonchev–Trinajstić information content (AvgIpc) is 3.47. The zero-order valence-corrected chi connectivity index (χ0v) is 16.0. The standard InChI is InChI=1S/C22H24N4O2/c1-27-18-9-7-17(8-10-18)26-20(19-15-23-13-14-28-19)24-21(25-26)22(11-12-22)16-5-3-2-4-6-16/h2-10,19,23H,11-15H2,1H3. The van der Waals surface area contributed by atoms with E-state index in [9.17, 15) is 0 Å². The van der Waals surface area contributed by atoms with E-state index in [1.54, 1.807) is 7.11 Å². The van der Waals surface area contributed by atoms with Crippen LogP contribution in [0.25, 0.3) is 5.69 Å². The van der Waals surface area contributed by atoms with E-state index in [2.05, 4.69) is 35.6 Å². The zero-order valence-electron chi connectivity index (χ0n) is 16.0. The topological polar surface area (TPSA) is 61.2 Å². The minimum absolute atomic E-state index is 0.0736. The first-order valence-corrected chi connectivity index (χ1v) is 9.80. The summed E-state index contributed by atoms with van der Waals surface area (Å²) in [5.74, 6) is 2.57. The van der Waals surface area contributed by atoms with Gasteiger partial charge in [0.05, 0.1) is 24.8 Å². The summed E-state index contributed by atoms with van der Waals surface area (Å²) in [4.78, 5) is 5.02. The summed E-state index contributed by atoms with van der Waals surface area (Å²) < 4.78 is 13.3. The second kappa shape index (κ2) is 7.04. The lowest BCUT2D eigenvalue weighted by molar-refractivity contribution is 0.0208. The van der Waals surface area contributed by atoms with E-state index in [0.29, 0.717) is 6.61 Å². The maximum absolute atomic E-state index is 6.01. The Bertz CT molecular complexity index is 942. The molecule has 5 rings (SSSR count). The molecule has 1 aromatic heterocycles. The number of aromatic nitrogens is 3. The number of morpholine rings is 1. The molecule has 2 heterocycles. The second-order valence-electron chi connectivity index (χ2n) is 7.42. The molecule has 1 saturated carbocycles. The molecule has 144 valence electrons. The van der Waals surface area contributed by atoms with Crippen molar-refractivity contribution >= 4 is 0 Å². The Kier molecular flexibility index (Phi) is 4.37. The van der Waals surface area contributed by atoms with Crippen molar-refractivity contribution in [3.63, 3.8) is 0 Å². The Morgan fingerprint density at radius 3 is 2.54 bits per heavy atom. The van der Waals surface area contributed by atoms with Crippen LogP contribution in [0.2, 0.25) is 0 Å². The van der Waals surface area contributed by atoms with Crippen LogP contribution in [0.1, 0.15) is 36.2 Å². The van der Waals surface area contributed by atoms with Crippen LogP contribution in [-0.4, -0.2) is 41.6 Å². The van der Waals surface area contributed by atoms with Crippen LogP contribution in [0.4, 0.5) is 0 Å². The maximum atomic E-state index is 6.01. The predicted octanol–water partition coefficient (Wildman–Crippen LogP) is 3.02. The van der Waals surface area contributed by atoms with Crippen molar-refractivity contribution in [3.8, 4) is 11.4 Å². The van der Waals surface area contributed by atoms with E-state index in [1.165, 1.54) is 5.56 Å². The molecule has 2 aliphatic rings. The zero-order chi connectivity index (χ0) is 19.0. The summed E-state index contributed by atoms with van der Waals surface area (Å²) in [6.07, 6.45) is 2.04. The Balaban J connectivity index is 1.59. The van der Waals surface area contributed by atoms with E-state index < -0.39 is 0 Å². The molecule has 1 saturated heterocycles. The fourth-order valence-electron chi connectivity index (χ4n) is 3.90. The maximum Gasteiger partial charge on any atom is 0.162 e. The lowest BCUT2D eigenvalue weighted by Crippen LogP contribution is -2.34. The van der Waals surface area contributed by atoms with E-state index in [-0.39, 0.29) is 11.5 Å². The van der Waals surface area contributed by atoms with Gasteiger partial charge in [0.2, 0.25) is 0 Å². The average molecular weight is 376 g/mol. The molecule has 0 spiro atoms. The smallest absolute Gasteiger partial charge is 0.162 e. The first kappa shape index (κ1) is 17.4. The molecule has 1 aliphatic carbocycles. The molecule has 1 aliphatic heterocycles. The van der Waals surface area contributed by atoms with Gasteiger partial charge in [-0.3, -0.25) is 0 Å². The first-order valence-electron chi connectivity index (χ1n) is 9.80. The van der Waals surface area contributed by atoms with Crippen molar-refractivity contribution in [2.24, 2.45) is 0 Å². The summed E-state index contributed by atoms with van der Waals surface area (Å²) in [6.45, 7) is 2.29. The van der Waals surface area contributed by atoms with Gasteiger partial charge in [-0.1, -0.05) is 30.3 Å². The van der Waals surface area contributed by atoms with Gasteiger partial charge in [-0.05, 0) is 42.7 Å². The highest BCUT2D eigenvalue weighted by Crippen LogP contribution is 2.52. The number of hydrogen-bond donors (Lipinski definition) is 1. The van der Waals surface area contributed by atoms with Crippen molar-refractivity contribution in [1.82, 2.24) is 20.1 Å². The molecular formula is C22H24N4O2. The van der Waals surface area contributed by atoms with Gasteiger partial charge in [0.25, 0.3) is 0 Å². The van der Waals surface area contributed by atoms with Gasteiger partial charge < -0.3 is 14.8 Å². The fourth-order valence-corrected chi connectivity index (χ4v) is 3.90. The van der Waals surface area contributed by atoms with Crippen molar-refractivity contribution < 1.29 is 9.47 Å². The Morgan fingerprint density at radius 2 is 1.89 bits per heavy atom. The van der Waals surface area contributed by atoms with E-state index in [4.69, 9.17) is 19.6 Å². The van der Waals surface area contributed by atoms with Crippen LogP contribution in [0.5, 0.6) is 5.75 Å². The van der Waals surface area contributed by atoms with Crippen molar-refractivity contribution in [3.05, 3.63) is 71.8 Å². The van der Waals surface area contributed by atoms with Crippen molar-refractivity contribution in [2.75, 3.05) is 26.8 Å². The van der Waals surface area contributed by atoms with Crippen LogP contribution in [0.15, 0.2) is 54.6 Å². The lowest BCUT2D eigenvalue weighted by Gasteiger charge is -2.23. The number of methoxy groups -OCH3 is 1. The minimum atomic E-state index is -0.108. The van der Waals surface area contributed by atoms with Crippen LogP contribution in [-0.2, 0) is 10.2 Å². The molecule has 3 aromatic rings. The van der Waals surface area contributed by atoms with Gasteiger partial charge in [-0.15, -0.1) is 5.10 Å². The summed E-state index contributed by atoms with van der Waals surface area (Å²) in [7, 11) is 1.67. The summed E-state index contributed by atoms with van der Waals surface area (Å²) in [5, 5.41) is 8.38. The van der Waals surface area contributed by atoms with Crippen molar-refractivity contribution in [2.45, 2.75) is 24.4 Å². The van der Waals surface area contributed by atoms with Crippen molar-refractivity contribution in [1.29, 1.82) is 0 Å². The second-order valence-corrected chi connectivity index (χ2v) is 7.42. The molecule has 0 radical (unpaired) electrons. The largest absolute Gasteiger partial charge is 0.497 e. The van der Waals surface area contributed by atoms with Gasteiger partial charge in [-0.2, -0.15) is 0 Å². The van der Waals surface area contributed by atoms with E-state index in [0.717, 1.165) is 49.0 Å². The van der Waals surface area contributed by atoms with Gasteiger partial charge >= 0.3 is 0 Å². The number of ether oxygens (including phenoxy) is 2. The Morgan fingerprint density at radius 1 is 1.11 bits per heavy atom. The molecular weight excluding hydrogens is 352 g/mol. The molecule has 1 unspecified atom stereocenters. The van der Waals surface area contributed by atoms with E-state index in [1.807, 2.05) is 28.9 Å². The summed E-state index contributed by atoms with van der Waals surface area (Å²) >= 11 is 0. The summed E-state index contributed by atoms with van der Waals surface area (Å²) in [5.41, 5.74) is 2.18. The molecule has 6 heteroatoms. The Labute approximate surface area is 164 Å². The molecule has 6 nitrogen and oxygen atoms in total. The highest BCUT2D eigenvalue weighted by Gasteiger charge is 2.50. The summed E-state index contributed by atoms with van der Waals surface area (Å²) in [6, 6.07) is 18.5. The van der Waals surface area contributed by atoms with Gasteiger partial charge in [0.15, 0.2) is 11.6 Å². The SMILES string of the molecule is COc1ccc(-n2nc(C3(c4ccccc4)CC3)nc2C2CNCCO2)cc1. The third-order valence-corrected chi connectivity index (χ3v) is 5.67. The number of nitrogens with zero attached hydrogens (tertiary/aromatic N) is 3. The van der Waals surface area contributed by atoms with Gasteiger partial charge in [0, 0.05) is 13.1 Å². The van der Waals surface area contributed by atoms with Crippen LogP contribution in [0, 0.1) is 0 Å². The third-order valence-electron chi connectivity index (χ3n) is 5.67. The van der Waals surface area contributed by atoms with E-state index >= 15 is 0 Å². The number of benzene rings is 2. The fraction of sp³-hybridized carbons (Fsp3) is 0.364. The number of hydrogen-bond acceptors (Lipinski definition) is 5. The Hall–Kier alpha value is -2.70. The van der Waals surface area contributed by atoms with Crippen LogP contribution >= 0.6 is 0 Å². The molecule has 1 N–H and O–H groups in total. The minimum Gasteiger partial charge on any atom is -0.497 e. The highest BCUT2D eigenvalue weighted by molar-refractivity contribution is 5.42. The number of rotatable bonds is 5.